The van der Waals surface area contributed by atoms with Gasteiger partial charge in [0.05, 0.1) is 6.10 Å². The summed E-state index contributed by atoms with van der Waals surface area (Å²) in [5.74, 6) is 0.0304. The first-order valence-corrected chi connectivity index (χ1v) is 13.4. The van der Waals surface area contributed by atoms with E-state index in [-0.39, 0.29) is 23.2 Å². The monoisotopic (exact) mass is 544 g/mol. The molecule has 2 fully saturated rings. The summed E-state index contributed by atoms with van der Waals surface area (Å²) in [7, 11) is 0. The lowest BCUT2D eigenvalue weighted by molar-refractivity contribution is 0.0266. The SMILES string of the molecule is Cc1ccc(NC(=O)N2CCC(C(O)CN3CCC4(CC3)CNc3ccc(F)cc34)CC2)cc1Br. The first kappa shape index (κ1) is 24.5. The minimum absolute atomic E-state index is 0.00459. The highest BCUT2D eigenvalue weighted by Gasteiger charge is 2.42. The number of amides is 2. The third-order valence-electron chi connectivity index (χ3n) is 8.22. The number of rotatable bonds is 4. The lowest BCUT2D eigenvalue weighted by Crippen LogP contribution is -2.49. The van der Waals surface area contributed by atoms with Crippen molar-refractivity contribution < 1.29 is 14.3 Å². The second-order valence-corrected chi connectivity index (χ2v) is 11.3. The highest BCUT2D eigenvalue weighted by molar-refractivity contribution is 9.10. The molecule has 1 atom stereocenters. The van der Waals surface area contributed by atoms with Crippen molar-refractivity contribution in [1.29, 1.82) is 0 Å². The fourth-order valence-electron chi connectivity index (χ4n) is 5.85. The minimum atomic E-state index is -0.395. The van der Waals surface area contributed by atoms with E-state index in [1.54, 1.807) is 6.07 Å². The number of nitrogens with zero attached hydrogens (tertiary/aromatic N) is 2. The number of carbonyl (C=O) groups is 1. The average Bonchev–Trinajstić information content (AvgIpc) is 3.20. The molecule has 188 valence electrons. The van der Waals surface area contributed by atoms with E-state index in [9.17, 15) is 14.3 Å². The topological polar surface area (TPSA) is 67.8 Å². The van der Waals surface area contributed by atoms with Gasteiger partial charge in [0.15, 0.2) is 0 Å². The molecule has 2 saturated heterocycles. The third kappa shape index (κ3) is 5.20. The van der Waals surface area contributed by atoms with E-state index in [0.717, 1.165) is 72.3 Å². The fourth-order valence-corrected chi connectivity index (χ4v) is 6.23. The number of likely N-dealkylation sites (tertiary alicyclic amines) is 2. The van der Waals surface area contributed by atoms with Crippen LogP contribution in [0.2, 0.25) is 0 Å². The molecule has 2 amide bonds. The second kappa shape index (κ2) is 10.1. The molecule has 8 heteroatoms. The molecule has 6 nitrogen and oxygen atoms in total. The maximum atomic E-state index is 13.9. The van der Waals surface area contributed by atoms with Crippen molar-refractivity contribution in [3.05, 3.63) is 57.8 Å². The van der Waals surface area contributed by atoms with Gasteiger partial charge in [0.2, 0.25) is 0 Å². The van der Waals surface area contributed by atoms with Gasteiger partial charge in [0.25, 0.3) is 0 Å². The van der Waals surface area contributed by atoms with Crippen molar-refractivity contribution in [2.75, 3.05) is 49.9 Å². The van der Waals surface area contributed by atoms with Crippen LogP contribution in [0.15, 0.2) is 40.9 Å². The number of carbonyl (C=O) groups excluding carboxylic acids is 1. The van der Waals surface area contributed by atoms with Gasteiger partial charge in [-0.1, -0.05) is 22.0 Å². The molecule has 0 bridgehead atoms. The van der Waals surface area contributed by atoms with E-state index in [2.05, 4.69) is 31.5 Å². The third-order valence-corrected chi connectivity index (χ3v) is 9.08. The first-order valence-electron chi connectivity index (χ1n) is 12.6. The van der Waals surface area contributed by atoms with Gasteiger partial charge in [-0.15, -0.1) is 0 Å². The number of β-amino-alcohol motifs (C(OH)–C–C–N with tert-alkyl or cyclic N) is 1. The summed E-state index contributed by atoms with van der Waals surface area (Å²) in [6.45, 7) is 6.65. The molecular formula is C27H34BrFN4O2. The summed E-state index contributed by atoms with van der Waals surface area (Å²) in [5, 5.41) is 17.4. The standard InChI is InChI=1S/C27H34BrFN4O2/c1-18-2-4-21(15-23(18)28)31-26(35)33-10-6-19(7-11-33)25(34)16-32-12-8-27(9-13-32)17-30-24-5-3-20(29)14-22(24)27/h2-5,14-15,19,25,30,34H,6-13,16-17H2,1H3,(H,31,35). The molecule has 2 aromatic carbocycles. The second-order valence-electron chi connectivity index (χ2n) is 10.4. The van der Waals surface area contributed by atoms with E-state index >= 15 is 0 Å². The summed E-state index contributed by atoms with van der Waals surface area (Å²) in [6, 6.07) is 10.8. The number of nitrogens with one attached hydrogen (secondary N) is 2. The largest absolute Gasteiger partial charge is 0.392 e. The van der Waals surface area contributed by atoms with Crippen molar-refractivity contribution in [1.82, 2.24) is 9.80 Å². The molecule has 3 aliphatic rings. The van der Waals surface area contributed by atoms with Crippen LogP contribution in [-0.2, 0) is 5.41 Å². The number of halogens is 2. The Morgan fingerprint density at radius 2 is 1.94 bits per heavy atom. The smallest absolute Gasteiger partial charge is 0.321 e. The maximum absolute atomic E-state index is 13.9. The molecule has 0 aromatic heterocycles. The summed E-state index contributed by atoms with van der Waals surface area (Å²) in [5.41, 5.74) is 4.08. The van der Waals surface area contributed by atoms with Gasteiger partial charge in [-0.05, 0) is 93.1 Å². The van der Waals surface area contributed by atoms with Gasteiger partial charge in [0, 0.05) is 47.4 Å². The van der Waals surface area contributed by atoms with Crippen molar-refractivity contribution in [3.63, 3.8) is 0 Å². The van der Waals surface area contributed by atoms with E-state index in [4.69, 9.17) is 0 Å². The zero-order valence-electron chi connectivity index (χ0n) is 20.2. The van der Waals surface area contributed by atoms with Crippen LogP contribution in [0.25, 0.3) is 0 Å². The van der Waals surface area contributed by atoms with Gasteiger partial charge < -0.3 is 25.5 Å². The Balaban J connectivity index is 1.08. The number of piperidine rings is 2. The van der Waals surface area contributed by atoms with Crippen LogP contribution in [0, 0.1) is 18.7 Å². The summed E-state index contributed by atoms with van der Waals surface area (Å²) >= 11 is 3.51. The number of hydrogen-bond acceptors (Lipinski definition) is 4. The number of aliphatic hydroxyl groups excluding tert-OH is 1. The molecule has 0 aliphatic carbocycles. The van der Waals surface area contributed by atoms with Crippen molar-refractivity contribution >= 4 is 33.3 Å². The molecule has 3 N–H and O–H groups in total. The van der Waals surface area contributed by atoms with Crippen LogP contribution >= 0.6 is 15.9 Å². The molecule has 0 saturated carbocycles. The number of anilines is 2. The van der Waals surface area contributed by atoms with Gasteiger partial charge >= 0.3 is 6.03 Å². The highest BCUT2D eigenvalue weighted by atomic mass is 79.9. The highest BCUT2D eigenvalue weighted by Crippen LogP contribution is 2.44. The number of fused-ring (bicyclic) bond motifs is 2. The molecule has 1 spiro atoms. The molecular weight excluding hydrogens is 511 g/mol. The molecule has 0 radical (unpaired) electrons. The number of aliphatic hydroxyl groups is 1. The van der Waals surface area contributed by atoms with Crippen LogP contribution in [0.3, 0.4) is 0 Å². The van der Waals surface area contributed by atoms with Crippen LogP contribution in [0.4, 0.5) is 20.6 Å². The van der Waals surface area contributed by atoms with Gasteiger partial charge in [-0.3, -0.25) is 0 Å². The van der Waals surface area contributed by atoms with Crippen LogP contribution in [-0.4, -0.2) is 66.3 Å². The van der Waals surface area contributed by atoms with Crippen LogP contribution in [0.1, 0.15) is 36.8 Å². The lowest BCUT2D eigenvalue weighted by atomic mass is 9.74. The average molecular weight is 545 g/mol. The van der Waals surface area contributed by atoms with Gasteiger partial charge in [0.1, 0.15) is 5.82 Å². The Morgan fingerprint density at radius 1 is 1.20 bits per heavy atom. The Morgan fingerprint density at radius 3 is 2.66 bits per heavy atom. The molecule has 35 heavy (non-hydrogen) atoms. The normalized spacial score (nSPS) is 21.0. The van der Waals surface area contributed by atoms with Gasteiger partial charge in [-0.2, -0.15) is 0 Å². The lowest BCUT2D eigenvalue weighted by Gasteiger charge is -2.41. The number of benzene rings is 2. The zero-order valence-corrected chi connectivity index (χ0v) is 21.8. The summed E-state index contributed by atoms with van der Waals surface area (Å²) in [6.07, 6.45) is 3.16. The Hall–Kier alpha value is -2.16. The van der Waals surface area contributed by atoms with Gasteiger partial charge in [-0.25, -0.2) is 9.18 Å². The van der Waals surface area contributed by atoms with Crippen molar-refractivity contribution in [3.8, 4) is 0 Å². The Labute approximate surface area is 215 Å². The summed E-state index contributed by atoms with van der Waals surface area (Å²) < 4.78 is 14.8. The van der Waals surface area contributed by atoms with Crippen molar-refractivity contribution in [2.45, 2.75) is 44.1 Å². The quantitative estimate of drug-likeness (QED) is 0.508. The molecule has 3 aliphatic heterocycles. The minimum Gasteiger partial charge on any atom is -0.392 e. The predicted octanol–water partition coefficient (Wildman–Crippen LogP) is 4.96. The fraction of sp³-hybridized carbons (Fsp3) is 0.519. The predicted molar refractivity (Wildman–Crippen MR) is 140 cm³/mol. The molecule has 3 heterocycles. The maximum Gasteiger partial charge on any atom is 0.321 e. The summed E-state index contributed by atoms with van der Waals surface area (Å²) in [4.78, 5) is 16.9. The molecule has 5 rings (SSSR count). The van der Waals surface area contributed by atoms with E-state index in [1.807, 2.05) is 36.1 Å². The van der Waals surface area contributed by atoms with Crippen LogP contribution in [0.5, 0.6) is 0 Å². The molecule has 1 unspecified atom stereocenters. The number of hydrogen-bond donors (Lipinski definition) is 3. The van der Waals surface area contributed by atoms with Crippen molar-refractivity contribution in [2.24, 2.45) is 5.92 Å². The number of urea groups is 1. The Bertz CT molecular complexity index is 1080. The van der Waals surface area contributed by atoms with E-state index in [1.165, 1.54) is 6.07 Å². The van der Waals surface area contributed by atoms with Crippen LogP contribution < -0.4 is 10.6 Å². The van der Waals surface area contributed by atoms with E-state index < -0.39 is 6.10 Å². The zero-order chi connectivity index (χ0) is 24.6. The first-order chi connectivity index (χ1) is 16.8. The Kier molecular flexibility index (Phi) is 7.06. The molecule has 2 aromatic rings. The number of aryl methyl sites for hydroxylation is 1. The van der Waals surface area contributed by atoms with E-state index in [0.29, 0.717) is 19.6 Å².